The second-order valence-electron chi connectivity index (χ2n) is 7.85. The zero-order valence-corrected chi connectivity index (χ0v) is 19.2. The van der Waals surface area contributed by atoms with Gasteiger partial charge in [-0.15, -0.1) is 6.58 Å². The first kappa shape index (κ1) is 23.1. The first-order valence-corrected chi connectivity index (χ1v) is 11.4. The van der Waals surface area contributed by atoms with Gasteiger partial charge in [-0.2, -0.15) is 0 Å². The second kappa shape index (κ2) is 11.7. The summed E-state index contributed by atoms with van der Waals surface area (Å²) in [6.07, 6.45) is 3.46. The Labute approximate surface area is 199 Å². The van der Waals surface area contributed by atoms with Gasteiger partial charge in [-0.3, -0.25) is 4.79 Å². The number of nitrogens with one attached hydrogen (secondary N) is 1. The van der Waals surface area contributed by atoms with E-state index < -0.39 is 0 Å². The number of aryl methyl sites for hydroxylation is 1. The number of imidazole rings is 1. The Kier molecular flexibility index (Phi) is 7.95. The number of rotatable bonds is 12. The molecule has 3 aromatic carbocycles. The van der Waals surface area contributed by atoms with Crippen LogP contribution < -0.4 is 14.8 Å². The molecule has 1 N–H and O–H groups in total. The summed E-state index contributed by atoms with van der Waals surface area (Å²) in [5.74, 6) is 2.18. The number of para-hydroxylation sites is 4. The summed E-state index contributed by atoms with van der Waals surface area (Å²) in [4.78, 5) is 17.1. The minimum atomic E-state index is -0.190. The van der Waals surface area contributed by atoms with Crippen LogP contribution in [0.3, 0.4) is 0 Å². The highest BCUT2D eigenvalue weighted by Gasteiger charge is 2.12. The third kappa shape index (κ3) is 6.04. The lowest BCUT2D eigenvalue weighted by Crippen LogP contribution is -2.29. The summed E-state index contributed by atoms with van der Waals surface area (Å²) >= 11 is 0. The number of nitrogens with zero attached hydrogens (tertiary/aromatic N) is 2. The van der Waals surface area contributed by atoms with Gasteiger partial charge in [0.05, 0.1) is 24.2 Å². The molecular weight excluding hydrogens is 426 g/mol. The van der Waals surface area contributed by atoms with Crippen molar-refractivity contribution in [2.75, 3.05) is 13.2 Å². The molecule has 0 radical (unpaired) electrons. The van der Waals surface area contributed by atoms with Crippen molar-refractivity contribution in [2.45, 2.75) is 25.9 Å². The van der Waals surface area contributed by atoms with E-state index in [1.165, 1.54) is 0 Å². The highest BCUT2D eigenvalue weighted by atomic mass is 16.5. The van der Waals surface area contributed by atoms with Crippen LogP contribution in [0.5, 0.6) is 11.5 Å². The van der Waals surface area contributed by atoms with Crippen molar-refractivity contribution in [3.05, 3.63) is 103 Å². The predicted molar refractivity (Wildman–Crippen MR) is 134 cm³/mol. The summed E-state index contributed by atoms with van der Waals surface area (Å²) in [5, 5.41) is 2.92. The van der Waals surface area contributed by atoms with Gasteiger partial charge in [-0.25, -0.2) is 4.98 Å². The third-order valence-electron chi connectivity index (χ3n) is 5.41. The summed E-state index contributed by atoms with van der Waals surface area (Å²) in [6.45, 7) is 5.42. The molecule has 1 heterocycles. The molecule has 1 amide bonds. The minimum Gasteiger partial charge on any atom is -0.493 e. The second-order valence-corrected chi connectivity index (χ2v) is 7.85. The van der Waals surface area contributed by atoms with E-state index >= 15 is 0 Å². The van der Waals surface area contributed by atoms with E-state index in [0.29, 0.717) is 18.9 Å². The van der Waals surface area contributed by atoms with Gasteiger partial charge in [0.25, 0.3) is 5.91 Å². The molecule has 0 aliphatic heterocycles. The zero-order chi connectivity index (χ0) is 23.6. The third-order valence-corrected chi connectivity index (χ3v) is 5.41. The molecule has 174 valence electrons. The van der Waals surface area contributed by atoms with E-state index in [2.05, 4.69) is 22.5 Å². The molecule has 0 bridgehead atoms. The lowest BCUT2D eigenvalue weighted by Gasteiger charge is -2.13. The number of ether oxygens (including phenoxy) is 2. The molecule has 6 nitrogen and oxygen atoms in total. The van der Waals surface area contributed by atoms with Gasteiger partial charge < -0.3 is 19.4 Å². The Balaban J connectivity index is 1.35. The number of fused-ring (bicyclic) bond motifs is 1. The topological polar surface area (TPSA) is 65.4 Å². The first-order chi connectivity index (χ1) is 16.7. The van der Waals surface area contributed by atoms with E-state index in [4.69, 9.17) is 14.5 Å². The molecular formula is C28H29N3O3. The number of amides is 1. The standard InChI is InChI=1S/C28H29N3O3/c1-2-11-22-12-6-9-17-26(22)33-19-10-18-31-25-16-8-7-15-24(25)30-27(31)20-29-28(32)21-34-23-13-4-3-5-14-23/h2-9,12-17H,1,10-11,18-21H2,(H,29,32). The molecule has 0 saturated carbocycles. The van der Waals surface area contributed by atoms with Gasteiger partial charge in [-0.1, -0.05) is 54.6 Å². The van der Waals surface area contributed by atoms with Crippen LogP contribution in [0.25, 0.3) is 11.0 Å². The van der Waals surface area contributed by atoms with E-state index in [1.807, 2.05) is 78.9 Å². The Bertz CT molecular complexity index is 1230. The maximum Gasteiger partial charge on any atom is 0.258 e. The van der Waals surface area contributed by atoms with Gasteiger partial charge in [0.15, 0.2) is 6.61 Å². The van der Waals surface area contributed by atoms with E-state index in [1.54, 1.807) is 0 Å². The summed E-state index contributed by atoms with van der Waals surface area (Å²) in [7, 11) is 0. The predicted octanol–water partition coefficient (Wildman–Crippen LogP) is 4.93. The van der Waals surface area contributed by atoms with Crippen LogP contribution in [0.1, 0.15) is 17.8 Å². The maximum absolute atomic E-state index is 12.3. The van der Waals surface area contributed by atoms with Crippen molar-refractivity contribution in [1.29, 1.82) is 0 Å². The van der Waals surface area contributed by atoms with Crippen molar-refractivity contribution in [3.63, 3.8) is 0 Å². The van der Waals surface area contributed by atoms with Gasteiger partial charge in [-0.05, 0) is 48.7 Å². The van der Waals surface area contributed by atoms with E-state index in [-0.39, 0.29) is 12.5 Å². The summed E-state index contributed by atoms with van der Waals surface area (Å²) in [6, 6.07) is 25.3. The van der Waals surface area contributed by atoms with Crippen molar-refractivity contribution in [3.8, 4) is 11.5 Å². The number of hydrogen-bond acceptors (Lipinski definition) is 4. The molecule has 0 fully saturated rings. The van der Waals surface area contributed by atoms with Crippen LogP contribution in [0.4, 0.5) is 0 Å². The van der Waals surface area contributed by atoms with Crippen LogP contribution in [0.2, 0.25) is 0 Å². The number of benzene rings is 3. The lowest BCUT2D eigenvalue weighted by molar-refractivity contribution is -0.123. The van der Waals surface area contributed by atoms with Crippen molar-refractivity contribution < 1.29 is 14.3 Å². The van der Waals surface area contributed by atoms with Crippen LogP contribution in [0, 0.1) is 0 Å². The average molecular weight is 456 g/mol. The molecule has 0 spiro atoms. The molecule has 0 saturated heterocycles. The monoisotopic (exact) mass is 455 g/mol. The highest BCUT2D eigenvalue weighted by molar-refractivity contribution is 5.78. The summed E-state index contributed by atoms with van der Waals surface area (Å²) in [5.41, 5.74) is 3.08. The highest BCUT2D eigenvalue weighted by Crippen LogP contribution is 2.20. The molecule has 0 aliphatic carbocycles. The average Bonchev–Trinajstić information content (AvgIpc) is 3.23. The first-order valence-electron chi connectivity index (χ1n) is 11.4. The van der Waals surface area contributed by atoms with Gasteiger partial charge in [0, 0.05) is 6.54 Å². The van der Waals surface area contributed by atoms with E-state index in [0.717, 1.165) is 47.6 Å². The fraction of sp³-hybridized carbons (Fsp3) is 0.214. The van der Waals surface area contributed by atoms with Crippen LogP contribution in [0.15, 0.2) is 91.5 Å². The fourth-order valence-electron chi connectivity index (χ4n) is 3.78. The molecule has 4 aromatic rings. The molecule has 0 atom stereocenters. The SMILES string of the molecule is C=CCc1ccccc1OCCCn1c(CNC(=O)COc2ccccc2)nc2ccccc21. The van der Waals surface area contributed by atoms with Gasteiger partial charge >= 0.3 is 0 Å². The Morgan fingerprint density at radius 3 is 2.59 bits per heavy atom. The quantitative estimate of drug-likeness (QED) is 0.243. The molecule has 4 rings (SSSR count). The largest absolute Gasteiger partial charge is 0.493 e. The lowest BCUT2D eigenvalue weighted by atomic mass is 10.1. The number of aromatic nitrogens is 2. The molecule has 6 heteroatoms. The van der Waals surface area contributed by atoms with Crippen LogP contribution in [-0.2, 0) is 24.3 Å². The Morgan fingerprint density at radius 1 is 0.971 bits per heavy atom. The van der Waals surface area contributed by atoms with Gasteiger partial charge in [0.1, 0.15) is 17.3 Å². The Hall–Kier alpha value is -4.06. The molecule has 34 heavy (non-hydrogen) atoms. The Morgan fingerprint density at radius 2 is 1.74 bits per heavy atom. The number of carbonyl (C=O) groups is 1. The van der Waals surface area contributed by atoms with Crippen molar-refractivity contribution >= 4 is 16.9 Å². The smallest absolute Gasteiger partial charge is 0.258 e. The van der Waals surface area contributed by atoms with Crippen LogP contribution >= 0.6 is 0 Å². The molecule has 0 aliphatic rings. The number of hydrogen-bond donors (Lipinski definition) is 1. The van der Waals surface area contributed by atoms with E-state index in [9.17, 15) is 4.79 Å². The number of allylic oxidation sites excluding steroid dienone is 1. The maximum atomic E-state index is 12.3. The van der Waals surface area contributed by atoms with Gasteiger partial charge in [0.2, 0.25) is 0 Å². The van der Waals surface area contributed by atoms with Crippen molar-refractivity contribution in [2.24, 2.45) is 0 Å². The molecule has 1 aromatic heterocycles. The zero-order valence-electron chi connectivity index (χ0n) is 19.2. The van der Waals surface area contributed by atoms with Crippen LogP contribution in [-0.4, -0.2) is 28.7 Å². The fourth-order valence-corrected chi connectivity index (χ4v) is 3.78. The molecule has 0 unspecified atom stereocenters. The van der Waals surface area contributed by atoms with Crippen molar-refractivity contribution in [1.82, 2.24) is 14.9 Å². The number of carbonyl (C=O) groups excluding carboxylic acids is 1. The normalized spacial score (nSPS) is 10.7. The minimum absolute atomic E-state index is 0.0395. The summed E-state index contributed by atoms with van der Waals surface area (Å²) < 4.78 is 13.7.